The zero-order valence-electron chi connectivity index (χ0n) is 8.88. The molecular formula is C13H11NO2. The average molecular weight is 213 g/mol. The number of amides is 2. The van der Waals surface area contributed by atoms with Crippen LogP contribution in [0, 0.1) is 0 Å². The van der Waals surface area contributed by atoms with Crippen LogP contribution < -0.4 is 0 Å². The molecule has 0 N–H and O–H groups in total. The van der Waals surface area contributed by atoms with Gasteiger partial charge in [0.05, 0.1) is 0 Å². The lowest BCUT2D eigenvalue weighted by molar-refractivity contribution is -0.134. The Hall–Kier alpha value is -2.16. The molecule has 2 amide bonds. The molecule has 0 saturated heterocycles. The monoisotopic (exact) mass is 213 g/mol. The van der Waals surface area contributed by atoms with E-state index in [-0.39, 0.29) is 11.8 Å². The first-order chi connectivity index (χ1) is 7.68. The Labute approximate surface area is 93.7 Å². The van der Waals surface area contributed by atoms with Crippen molar-refractivity contribution in [1.29, 1.82) is 0 Å². The van der Waals surface area contributed by atoms with Crippen LogP contribution in [-0.2, 0) is 9.59 Å². The molecule has 1 heterocycles. The quantitative estimate of drug-likeness (QED) is 0.704. The van der Waals surface area contributed by atoms with E-state index in [9.17, 15) is 9.59 Å². The zero-order chi connectivity index (χ0) is 11.5. The second kappa shape index (κ2) is 4.14. The van der Waals surface area contributed by atoms with Crippen molar-refractivity contribution in [2.45, 2.75) is 6.92 Å². The van der Waals surface area contributed by atoms with Crippen LogP contribution in [0.3, 0.4) is 0 Å². The lowest BCUT2D eigenvalue weighted by atomic mass is 10.2. The summed E-state index contributed by atoms with van der Waals surface area (Å²) in [6.07, 6.45) is 4.37. The van der Waals surface area contributed by atoms with Gasteiger partial charge in [-0.15, -0.1) is 0 Å². The number of imide groups is 1. The van der Waals surface area contributed by atoms with Crippen molar-refractivity contribution in [1.82, 2.24) is 4.90 Å². The van der Waals surface area contributed by atoms with Crippen molar-refractivity contribution >= 4 is 17.9 Å². The minimum atomic E-state index is -0.283. The van der Waals surface area contributed by atoms with E-state index in [1.54, 1.807) is 6.92 Å². The summed E-state index contributed by atoms with van der Waals surface area (Å²) >= 11 is 0. The number of nitrogens with zero attached hydrogens (tertiary/aromatic N) is 1. The molecule has 80 valence electrons. The number of rotatable bonds is 2. The highest BCUT2D eigenvalue weighted by atomic mass is 16.2. The van der Waals surface area contributed by atoms with Crippen LogP contribution in [0.5, 0.6) is 0 Å². The largest absolute Gasteiger partial charge is 0.269 e. The van der Waals surface area contributed by atoms with Crippen molar-refractivity contribution in [3.8, 4) is 0 Å². The van der Waals surface area contributed by atoms with Gasteiger partial charge in [-0.25, -0.2) is 4.90 Å². The third-order valence-electron chi connectivity index (χ3n) is 2.34. The number of hydrogen-bond acceptors (Lipinski definition) is 2. The molecule has 1 aliphatic rings. The molecule has 0 fully saturated rings. The Balaban J connectivity index is 2.26. The number of hydrogen-bond donors (Lipinski definition) is 0. The maximum atomic E-state index is 11.4. The molecule has 1 aromatic carbocycles. The van der Waals surface area contributed by atoms with E-state index in [0.717, 1.165) is 10.5 Å². The Kier molecular flexibility index (Phi) is 2.68. The van der Waals surface area contributed by atoms with Gasteiger partial charge < -0.3 is 0 Å². The predicted octanol–water partition coefficient (Wildman–Crippen LogP) is 1.97. The molecule has 0 unspecified atom stereocenters. The Bertz CT molecular complexity index is 468. The fourth-order valence-corrected chi connectivity index (χ4v) is 1.60. The molecule has 1 aromatic rings. The van der Waals surface area contributed by atoms with Crippen molar-refractivity contribution in [3.05, 3.63) is 53.7 Å². The first kappa shape index (κ1) is 10.4. The number of allylic oxidation sites excluding steroid dienone is 1. The molecule has 0 bridgehead atoms. The summed E-state index contributed by atoms with van der Waals surface area (Å²) in [4.78, 5) is 23.9. The highest BCUT2D eigenvalue weighted by molar-refractivity contribution is 6.14. The van der Waals surface area contributed by atoms with E-state index in [1.807, 2.05) is 36.4 Å². The van der Waals surface area contributed by atoms with E-state index in [4.69, 9.17) is 0 Å². The van der Waals surface area contributed by atoms with Crippen molar-refractivity contribution in [2.75, 3.05) is 0 Å². The molecule has 3 heteroatoms. The normalized spacial score (nSPS) is 16.1. The fraction of sp³-hybridized carbons (Fsp3) is 0.0769. The van der Waals surface area contributed by atoms with Gasteiger partial charge >= 0.3 is 0 Å². The topological polar surface area (TPSA) is 37.4 Å². The molecular weight excluding hydrogens is 202 g/mol. The van der Waals surface area contributed by atoms with Crippen LogP contribution in [0.2, 0.25) is 0 Å². The average Bonchev–Trinajstić information content (AvgIpc) is 2.60. The van der Waals surface area contributed by atoms with Crippen LogP contribution >= 0.6 is 0 Å². The summed E-state index contributed by atoms with van der Waals surface area (Å²) in [5.74, 6) is -0.565. The Morgan fingerprint density at radius 1 is 1.06 bits per heavy atom. The number of carbonyl (C=O) groups is 2. The van der Waals surface area contributed by atoms with Gasteiger partial charge in [0.1, 0.15) is 0 Å². The lowest BCUT2D eigenvalue weighted by Gasteiger charge is -2.13. The van der Waals surface area contributed by atoms with E-state index < -0.39 is 0 Å². The maximum absolute atomic E-state index is 11.4. The van der Waals surface area contributed by atoms with Crippen LogP contribution in [-0.4, -0.2) is 16.7 Å². The highest BCUT2D eigenvalue weighted by Gasteiger charge is 2.24. The summed E-state index contributed by atoms with van der Waals surface area (Å²) in [7, 11) is 0. The standard InChI is InChI=1S/C13H11NO2/c1-10(9-11-5-3-2-4-6-11)14-12(15)7-8-13(14)16/h2-9H,1H3. The number of benzene rings is 1. The molecule has 0 spiro atoms. The number of carbonyl (C=O) groups excluding carboxylic acids is 2. The van der Waals surface area contributed by atoms with Gasteiger partial charge in [0, 0.05) is 17.8 Å². The third kappa shape index (κ3) is 1.93. The first-order valence-corrected chi connectivity index (χ1v) is 4.98. The van der Waals surface area contributed by atoms with Crippen LogP contribution in [0.1, 0.15) is 12.5 Å². The summed E-state index contributed by atoms with van der Waals surface area (Å²) < 4.78 is 0. The van der Waals surface area contributed by atoms with E-state index in [1.165, 1.54) is 12.2 Å². The summed E-state index contributed by atoms with van der Waals surface area (Å²) in [6, 6.07) is 9.57. The molecule has 0 saturated carbocycles. The van der Waals surface area contributed by atoms with Crippen molar-refractivity contribution in [3.63, 3.8) is 0 Å². The molecule has 0 radical (unpaired) electrons. The SMILES string of the molecule is CC(=Cc1ccccc1)N1C(=O)C=CC1=O. The smallest absolute Gasteiger partial charge is 0.257 e. The van der Waals surface area contributed by atoms with Crippen LogP contribution in [0.15, 0.2) is 48.2 Å². The van der Waals surface area contributed by atoms with Crippen molar-refractivity contribution < 1.29 is 9.59 Å². The van der Waals surface area contributed by atoms with Gasteiger partial charge in [-0.2, -0.15) is 0 Å². The summed E-state index contributed by atoms with van der Waals surface area (Å²) in [5.41, 5.74) is 1.60. The first-order valence-electron chi connectivity index (χ1n) is 4.98. The van der Waals surface area contributed by atoms with E-state index >= 15 is 0 Å². The second-order valence-electron chi connectivity index (χ2n) is 3.54. The van der Waals surface area contributed by atoms with Gasteiger partial charge in [0.15, 0.2) is 0 Å². The van der Waals surface area contributed by atoms with Gasteiger partial charge in [0.25, 0.3) is 11.8 Å². The van der Waals surface area contributed by atoms with E-state index in [0.29, 0.717) is 5.70 Å². The van der Waals surface area contributed by atoms with Gasteiger partial charge in [0.2, 0.25) is 0 Å². The summed E-state index contributed by atoms with van der Waals surface area (Å²) in [5, 5.41) is 0. The van der Waals surface area contributed by atoms with Gasteiger partial charge in [-0.3, -0.25) is 9.59 Å². The minimum Gasteiger partial charge on any atom is -0.269 e. The molecule has 16 heavy (non-hydrogen) atoms. The summed E-state index contributed by atoms with van der Waals surface area (Å²) in [6.45, 7) is 1.75. The van der Waals surface area contributed by atoms with E-state index in [2.05, 4.69) is 0 Å². The highest BCUT2D eigenvalue weighted by Crippen LogP contribution is 2.15. The zero-order valence-corrected chi connectivity index (χ0v) is 8.88. The molecule has 0 aromatic heterocycles. The van der Waals surface area contributed by atoms with Crippen LogP contribution in [0.25, 0.3) is 6.08 Å². The second-order valence-corrected chi connectivity index (χ2v) is 3.54. The molecule has 2 rings (SSSR count). The maximum Gasteiger partial charge on any atom is 0.257 e. The van der Waals surface area contributed by atoms with Crippen molar-refractivity contribution in [2.24, 2.45) is 0 Å². The third-order valence-corrected chi connectivity index (χ3v) is 2.34. The van der Waals surface area contributed by atoms with Gasteiger partial charge in [-0.1, -0.05) is 30.3 Å². The van der Waals surface area contributed by atoms with Gasteiger partial charge in [-0.05, 0) is 18.6 Å². The molecule has 0 aliphatic carbocycles. The molecule has 3 nitrogen and oxygen atoms in total. The molecule has 1 aliphatic heterocycles. The fourth-order valence-electron chi connectivity index (χ4n) is 1.60. The predicted molar refractivity (Wildman–Crippen MR) is 61.1 cm³/mol. The Morgan fingerprint density at radius 2 is 1.62 bits per heavy atom. The lowest BCUT2D eigenvalue weighted by Crippen LogP contribution is -2.27. The van der Waals surface area contributed by atoms with Crippen LogP contribution in [0.4, 0.5) is 0 Å². The Morgan fingerprint density at radius 3 is 2.19 bits per heavy atom. The minimum absolute atomic E-state index is 0.283. The molecule has 0 atom stereocenters.